The van der Waals surface area contributed by atoms with Gasteiger partial charge in [-0.1, -0.05) is 29.8 Å². The highest BCUT2D eigenvalue weighted by molar-refractivity contribution is 7.92. The summed E-state index contributed by atoms with van der Waals surface area (Å²) >= 11 is 0. The van der Waals surface area contributed by atoms with Crippen molar-refractivity contribution in [3.63, 3.8) is 0 Å². The number of carbonyl (C=O) groups is 1. The average molecular weight is 494 g/mol. The zero-order valence-electron chi connectivity index (χ0n) is 19.4. The second-order valence-electron chi connectivity index (χ2n) is 8.76. The van der Waals surface area contributed by atoms with E-state index in [0.717, 1.165) is 42.3 Å². The summed E-state index contributed by atoms with van der Waals surface area (Å²) in [5.41, 5.74) is 2.94. The monoisotopic (exact) mass is 493 g/mol. The van der Waals surface area contributed by atoms with E-state index in [2.05, 4.69) is 9.62 Å². The lowest BCUT2D eigenvalue weighted by Crippen LogP contribution is -2.48. The third kappa shape index (κ3) is 5.26. The maximum absolute atomic E-state index is 13.1. The van der Waals surface area contributed by atoms with Crippen molar-refractivity contribution in [2.24, 2.45) is 0 Å². The maximum atomic E-state index is 13.1. The molecule has 3 aromatic carbocycles. The van der Waals surface area contributed by atoms with E-state index in [1.54, 1.807) is 48.5 Å². The topological polar surface area (TPSA) is 88.2 Å². The number of hydrogen-bond acceptors (Lipinski definition) is 6. The first-order chi connectivity index (χ1) is 16.9. The molecule has 0 atom stereocenters. The standard InChI is InChI=1S/C26H27N3O5S/c1-19-5-8-23(9-6-19)35(31,32)27-22-4-2-3-21(16-22)26(30)29-13-11-28(12-14-29)17-20-7-10-24-25(15-20)34-18-33-24/h2-10,15-16,27H,11-14,17-18H2,1H3. The van der Waals surface area contributed by atoms with Crippen LogP contribution >= 0.6 is 0 Å². The summed E-state index contributed by atoms with van der Waals surface area (Å²) in [6.07, 6.45) is 0. The first-order valence-electron chi connectivity index (χ1n) is 11.5. The summed E-state index contributed by atoms with van der Waals surface area (Å²) in [6.45, 7) is 5.63. The molecule has 0 spiro atoms. The summed E-state index contributed by atoms with van der Waals surface area (Å²) in [6, 6.07) is 19.2. The molecule has 9 heteroatoms. The number of hydrogen-bond donors (Lipinski definition) is 1. The lowest BCUT2D eigenvalue weighted by Gasteiger charge is -2.34. The number of rotatable bonds is 6. The predicted octanol–water partition coefficient (Wildman–Crippen LogP) is 3.48. The maximum Gasteiger partial charge on any atom is 0.261 e. The van der Waals surface area contributed by atoms with Gasteiger partial charge in [0, 0.05) is 44.0 Å². The molecule has 8 nitrogen and oxygen atoms in total. The number of ether oxygens (including phenoxy) is 2. The van der Waals surface area contributed by atoms with Crippen LogP contribution in [-0.2, 0) is 16.6 Å². The molecule has 0 saturated carbocycles. The molecular formula is C26H27N3O5S. The van der Waals surface area contributed by atoms with Gasteiger partial charge in [-0.3, -0.25) is 14.4 Å². The van der Waals surface area contributed by atoms with Crippen molar-refractivity contribution in [3.05, 3.63) is 83.4 Å². The molecule has 1 amide bonds. The number of amides is 1. The normalized spacial score (nSPS) is 15.7. The molecule has 1 fully saturated rings. The highest BCUT2D eigenvalue weighted by atomic mass is 32.2. The van der Waals surface area contributed by atoms with E-state index < -0.39 is 10.0 Å². The van der Waals surface area contributed by atoms with E-state index in [-0.39, 0.29) is 17.6 Å². The molecule has 2 heterocycles. The Bertz CT molecular complexity index is 1330. The van der Waals surface area contributed by atoms with Gasteiger partial charge in [0.25, 0.3) is 15.9 Å². The van der Waals surface area contributed by atoms with Crippen LogP contribution in [0.25, 0.3) is 0 Å². The first kappa shape index (κ1) is 23.2. The SMILES string of the molecule is Cc1ccc(S(=O)(=O)Nc2cccc(C(=O)N3CCN(Cc4ccc5c(c4)OCO5)CC3)c2)cc1. The van der Waals surface area contributed by atoms with Crippen LogP contribution in [0.2, 0.25) is 0 Å². The summed E-state index contributed by atoms with van der Waals surface area (Å²) < 4.78 is 38.8. The zero-order chi connectivity index (χ0) is 24.4. The molecule has 1 N–H and O–H groups in total. The zero-order valence-corrected chi connectivity index (χ0v) is 20.3. The Labute approximate surface area is 205 Å². The predicted molar refractivity (Wildman–Crippen MR) is 132 cm³/mol. The van der Waals surface area contributed by atoms with Crippen molar-refractivity contribution in [3.8, 4) is 11.5 Å². The lowest BCUT2D eigenvalue weighted by atomic mass is 10.1. The van der Waals surface area contributed by atoms with Crippen molar-refractivity contribution < 1.29 is 22.7 Å². The minimum atomic E-state index is -3.74. The number of nitrogens with zero attached hydrogens (tertiary/aromatic N) is 2. The van der Waals surface area contributed by atoms with Crippen molar-refractivity contribution >= 4 is 21.6 Å². The van der Waals surface area contributed by atoms with Crippen LogP contribution in [0.4, 0.5) is 5.69 Å². The molecule has 35 heavy (non-hydrogen) atoms. The Kier molecular flexibility index (Phi) is 6.36. The quantitative estimate of drug-likeness (QED) is 0.566. The van der Waals surface area contributed by atoms with Gasteiger partial charge in [-0.25, -0.2) is 8.42 Å². The van der Waals surface area contributed by atoms with Crippen LogP contribution in [0.5, 0.6) is 11.5 Å². The summed E-state index contributed by atoms with van der Waals surface area (Å²) in [5, 5.41) is 0. The van der Waals surface area contributed by atoms with Crippen LogP contribution < -0.4 is 14.2 Å². The second kappa shape index (κ2) is 9.59. The molecule has 5 rings (SSSR count). The number of nitrogens with one attached hydrogen (secondary N) is 1. The van der Waals surface area contributed by atoms with Crippen molar-refractivity contribution in [1.82, 2.24) is 9.80 Å². The average Bonchev–Trinajstić information content (AvgIpc) is 3.32. The first-order valence-corrected chi connectivity index (χ1v) is 13.0. The largest absolute Gasteiger partial charge is 0.454 e. The Morgan fingerprint density at radius 3 is 2.43 bits per heavy atom. The number of benzene rings is 3. The van der Waals surface area contributed by atoms with Crippen molar-refractivity contribution in [1.29, 1.82) is 0 Å². The van der Waals surface area contributed by atoms with E-state index in [0.29, 0.717) is 24.3 Å². The molecule has 0 bridgehead atoms. The molecule has 2 aliphatic heterocycles. The minimum absolute atomic E-state index is 0.107. The van der Waals surface area contributed by atoms with Crippen LogP contribution in [0.3, 0.4) is 0 Å². The van der Waals surface area contributed by atoms with Gasteiger partial charge in [-0.15, -0.1) is 0 Å². The molecule has 182 valence electrons. The second-order valence-corrected chi connectivity index (χ2v) is 10.4. The fraction of sp³-hybridized carbons (Fsp3) is 0.269. The van der Waals surface area contributed by atoms with Gasteiger partial charge in [0.1, 0.15) is 0 Å². The molecule has 0 radical (unpaired) electrons. The van der Waals surface area contributed by atoms with E-state index in [1.807, 2.05) is 30.0 Å². The number of anilines is 1. The highest BCUT2D eigenvalue weighted by Gasteiger charge is 2.23. The Balaban J connectivity index is 1.19. The Morgan fingerprint density at radius 2 is 1.66 bits per heavy atom. The fourth-order valence-corrected chi connectivity index (χ4v) is 5.29. The van der Waals surface area contributed by atoms with E-state index in [9.17, 15) is 13.2 Å². The van der Waals surface area contributed by atoms with Crippen LogP contribution in [-0.4, -0.2) is 57.1 Å². The van der Waals surface area contributed by atoms with Crippen molar-refractivity contribution in [2.45, 2.75) is 18.4 Å². The van der Waals surface area contributed by atoms with Crippen LogP contribution in [0, 0.1) is 6.92 Å². The molecule has 1 saturated heterocycles. The molecule has 3 aromatic rings. The number of fused-ring (bicyclic) bond motifs is 1. The molecular weight excluding hydrogens is 466 g/mol. The molecule has 2 aliphatic rings. The molecule has 0 aromatic heterocycles. The smallest absolute Gasteiger partial charge is 0.261 e. The third-order valence-electron chi connectivity index (χ3n) is 6.20. The Hall–Kier alpha value is -3.56. The van der Waals surface area contributed by atoms with Gasteiger partial charge >= 0.3 is 0 Å². The number of sulfonamides is 1. The van der Waals surface area contributed by atoms with E-state index in [1.165, 1.54) is 0 Å². The van der Waals surface area contributed by atoms with Crippen LogP contribution in [0.15, 0.2) is 71.6 Å². The lowest BCUT2D eigenvalue weighted by molar-refractivity contribution is 0.0628. The van der Waals surface area contributed by atoms with Crippen molar-refractivity contribution in [2.75, 3.05) is 37.7 Å². The highest BCUT2D eigenvalue weighted by Crippen LogP contribution is 2.33. The van der Waals surface area contributed by atoms with Crippen LogP contribution in [0.1, 0.15) is 21.5 Å². The molecule has 0 aliphatic carbocycles. The number of aryl methyl sites for hydroxylation is 1. The number of carbonyl (C=O) groups excluding carboxylic acids is 1. The Morgan fingerprint density at radius 1 is 0.914 bits per heavy atom. The van der Waals surface area contributed by atoms with Gasteiger partial charge in [0.05, 0.1) is 4.90 Å². The fourth-order valence-electron chi connectivity index (χ4n) is 4.24. The minimum Gasteiger partial charge on any atom is -0.454 e. The van der Waals surface area contributed by atoms with Gasteiger partial charge in [0.15, 0.2) is 11.5 Å². The molecule has 0 unspecified atom stereocenters. The van der Waals surface area contributed by atoms with Gasteiger partial charge < -0.3 is 14.4 Å². The van der Waals surface area contributed by atoms with E-state index in [4.69, 9.17) is 9.47 Å². The number of piperazine rings is 1. The summed E-state index contributed by atoms with van der Waals surface area (Å²) in [5.74, 6) is 1.44. The summed E-state index contributed by atoms with van der Waals surface area (Å²) in [4.78, 5) is 17.4. The van der Waals surface area contributed by atoms with E-state index >= 15 is 0 Å². The van der Waals surface area contributed by atoms with Gasteiger partial charge in [0.2, 0.25) is 6.79 Å². The van der Waals surface area contributed by atoms with Gasteiger partial charge in [-0.2, -0.15) is 0 Å². The van der Waals surface area contributed by atoms with Gasteiger partial charge in [-0.05, 0) is 55.0 Å². The summed E-state index contributed by atoms with van der Waals surface area (Å²) in [7, 11) is -3.74. The third-order valence-corrected chi connectivity index (χ3v) is 7.59.